The maximum Gasteiger partial charge on any atom is 0.346 e. The molecule has 0 aliphatic rings. The van der Waals surface area contributed by atoms with Gasteiger partial charge in [0.25, 0.3) is 5.91 Å². The number of amides is 1. The van der Waals surface area contributed by atoms with E-state index in [9.17, 15) is 19.1 Å². The number of hydrogen-bond acceptors (Lipinski definition) is 4. The van der Waals surface area contributed by atoms with Gasteiger partial charge in [-0.15, -0.1) is 11.3 Å². The number of thiophene rings is 1. The predicted octanol–water partition coefficient (Wildman–Crippen LogP) is 3.02. The summed E-state index contributed by atoms with van der Waals surface area (Å²) >= 11 is 1.39. The largest absolute Gasteiger partial charge is 0.478 e. The van der Waals surface area contributed by atoms with Crippen LogP contribution in [0.3, 0.4) is 0 Å². The molecule has 128 valence electrons. The van der Waals surface area contributed by atoms with Gasteiger partial charge in [0, 0.05) is 4.88 Å². The maximum absolute atomic E-state index is 12.9. The number of nitrogens with one attached hydrogen (secondary N) is 1. The zero-order valence-corrected chi connectivity index (χ0v) is 14.2. The van der Waals surface area contributed by atoms with E-state index in [1.54, 1.807) is 6.07 Å². The Labute approximate surface area is 143 Å². The molecule has 2 rings (SSSR count). The van der Waals surface area contributed by atoms with E-state index < -0.39 is 17.9 Å². The number of benzene rings is 1. The minimum atomic E-state index is -1.26. The summed E-state index contributed by atoms with van der Waals surface area (Å²) in [4.78, 5) is 25.1. The zero-order chi connectivity index (χ0) is 17.7. The van der Waals surface area contributed by atoms with Gasteiger partial charge in [-0.25, -0.2) is 9.18 Å². The Kier molecular flexibility index (Phi) is 5.92. The van der Waals surface area contributed by atoms with Crippen molar-refractivity contribution in [2.24, 2.45) is 0 Å². The van der Waals surface area contributed by atoms with Crippen molar-refractivity contribution in [3.8, 4) is 5.75 Å². The summed E-state index contributed by atoms with van der Waals surface area (Å²) in [7, 11) is 0. The molecular formula is C17H18FNO4S. The number of aliphatic carboxylic acids is 1. The molecule has 0 aliphatic carbocycles. The predicted molar refractivity (Wildman–Crippen MR) is 89.2 cm³/mol. The van der Waals surface area contributed by atoms with Crippen LogP contribution in [0.2, 0.25) is 0 Å². The lowest BCUT2D eigenvalue weighted by Crippen LogP contribution is -2.40. The Hall–Kier alpha value is -2.41. The van der Waals surface area contributed by atoms with E-state index in [-0.39, 0.29) is 18.2 Å². The van der Waals surface area contributed by atoms with Crippen molar-refractivity contribution in [3.05, 3.63) is 51.5 Å². The standard InChI is InChI=1S/C17H18FNO4S/c1-3-14-10(2)8-15(24-14)16(20)19-9-13(17(21)22)23-12-6-4-11(18)5-7-12/h4-8,13H,3,9H2,1-2H3,(H,19,20)(H,21,22). The Morgan fingerprint density at radius 3 is 2.54 bits per heavy atom. The van der Waals surface area contributed by atoms with Crippen LogP contribution >= 0.6 is 11.3 Å². The van der Waals surface area contributed by atoms with Gasteiger partial charge < -0.3 is 15.2 Å². The molecule has 0 saturated carbocycles. The van der Waals surface area contributed by atoms with Crippen LogP contribution in [0.5, 0.6) is 5.75 Å². The third-order valence-electron chi connectivity index (χ3n) is 3.38. The lowest BCUT2D eigenvalue weighted by molar-refractivity contribution is -0.144. The van der Waals surface area contributed by atoms with Gasteiger partial charge in [0.1, 0.15) is 11.6 Å². The second-order valence-electron chi connectivity index (χ2n) is 5.18. The minimum Gasteiger partial charge on any atom is -0.478 e. The van der Waals surface area contributed by atoms with Gasteiger partial charge >= 0.3 is 5.97 Å². The third kappa shape index (κ3) is 4.55. The molecule has 7 heteroatoms. The van der Waals surface area contributed by atoms with E-state index in [0.29, 0.717) is 4.88 Å². The van der Waals surface area contributed by atoms with Crippen molar-refractivity contribution >= 4 is 23.2 Å². The second kappa shape index (κ2) is 7.92. The molecule has 0 spiro atoms. The van der Waals surface area contributed by atoms with Gasteiger partial charge in [0.2, 0.25) is 6.10 Å². The Morgan fingerprint density at radius 2 is 2.00 bits per heavy atom. The summed E-state index contributed by atoms with van der Waals surface area (Å²) < 4.78 is 18.2. The third-order valence-corrected chi connectivity index (χ3v) is 4.76. The lowest BCUT2D eigenvalue weighted by Gasteiger charge is -2.15. The van der Waals surface area contributed by atoms with E-state index in [1.807, 2.05) is 13.8 Å². The molecule has 0 bridgehead atoms. The van der Waals surface area contributed by atoms with Crippen LogP contribution in [0.4, 0.5) is 4.39 Å². The van der Waals surface area contributed by atoms with Crippen molar-refractivity contribution in [2.45, 2.75) is 26.4 Å². The van der Waals surface area contributed by atoms with Crippen LogP contribution in [-0.2, 0) is 11.2 Å². The summed E-state index contributed by atoms with van der Waals surface area (Å²) in [5.74, 6) is -1.77. The number of rotatable bonds is 7. The summed E-state index contributed by atoms with van der Waals surface area (Å²) in [6, 6.07) is 6.81. The zero-order valence-electron chi connectivity index (χ0n) is 13.3. The number of carboxylic acid groups (broad SMARTS) is 1. The van der Waals surface area contributed by atoms with Gasteiger partial charge in [-0.1, -0.05) is 6.92 Å². The molecule has 0 aliphatic heterocycles. The Balaban J connectivity index is 1.98. The number of aryl methyl sites for hydroxylation is 2. The van der Waals surface area contributed by atoms with Crippen LogP contribution in [0, 0.1) is 12.7 Å². The minimum absolute atomic E-state index is 0.191. The first-order valence-electron chi connectivity index (χ1n) is 7.43. The SMILES string of the molecule is CCc1sc(C(=O)NCC(Oc2ccc(F)cc2)C(=O)O)cc1C. The molecule has 1 heterocycles. The molecule has 1 atom stereocenters. The number of ether oxygens (including phenoxy) is 1. The summed E-state index contributed by atoms with van der Waals surface area (Å²) in [6.45, 7) is 3.76. The van der Waals surface area contributed by atoms with Crippen molar-refractivity contribution in [3.63, 3.8) is 0 Å². The highest BCUT2D eigenvalue weighted by Gasteiger charge is 2.21. The van der Waals surface area contributed by atoms with Crippen LogP contribution in [0.1, 0.15) is 27.0 Å². The van der Waals surface area contributed by atoms with Crippen molar-refractivity contribution in [1.29, 1.82) is 0 Å². The smallest absolute Gasteiger partial charge is 0.346 e. The molecule has 0 fully saturated rings. The topological polar surface area (TPSA) is 75.6 Å². The summed E-state index contributed by atoms with van der Waals surface area (Å²) in [5, 5.41) is 11.8. The maximum atomic E-state index is 12.9. The normalized spacial score (nSPS) is 11.8. The van der Waals surface area contributed by atoms with Gasteiger partial charge in [-0.3, -0.25) is 4.79 Å². The lowest BCUT2D eigenvalue weighted by atomic mass is 10.2. The first-order valence-corrected chi connectivity index (χ1v) is 8.25. The fraction of sp³-hybridized carbons (Fsp3) is 0.294. The van der Waals surface area contributed by atoms with Crippen LogP contribution in [-0.4, -0.2) is 29.6 Å². The highest BCUT2D eigenvalue weighted by Crippen LogP contribution is 2.22. The quantitative estimate of drug-likeness (QED) is 0.804. The molecule has 24 heavy (non-hydrogen) atoms. The summed E-state index contributed by atoms with van der Waals surface area (Å²) in [5.41, 5.74) is 1.05. The Bertz CT molecular complexity index is 727. The first-order chi connectivity index (χ1) is 11.4. The van der Waals surface area contributed by atoms with Crippen LogP contribution in [0.15, 0.2) is 30.3 Å². The molecule has 1 aromatic heterocycles. The molecule has 2 N–H and O–H groups in total. The van der Waals surface area contributed by atoms with Crippen molar-refractivity contribution < 1.29 is 23.8 Å². The molecule has 0 saturated heterocycles. The van der Waals surface area contributed by atoms with E-state index >= 15 is 0 Å². The molecule has 5 nitrogen and oxygen atoms in total. The number of carbonyl (C=O) groups is 2. The van der Waals surface area contributed by atoms with Gasteiger partial charge in [0.15, 0.2) is 0 Å². The monoisotopic (exact) mass is 351 g/mol. The Morgan fingerprint density at radius 1 is 1.33 bits per heavy atom. The summed E-state index contributed by atoms with van der Waals surface area (Å²) in [6.07, 6.45) is -0.416. The van der Waals surface area contributed by atoms with Gasteiger partial charge in [0.05, 0.1) is 11.4 Å². The highest BCUT2D eigenvalue weighted by atomic mass is 32.1. The number of hydrogen-bond donors (Lipinski definition) is 2. The number of carbonyl (C=O) groups excluding carboxylic acids is 1. The average Bonchev–Trinajstić information content (AvgIpc) is 2.93. The van der Waals surface area contributed by atoms with Crippen LogP contribution < -0.4 is 10.1 Å². The molecule has 1 aromatic carbocycles. The highest BCUT2D eigenvalue weighted by molar-refractivity contribution is 7.14. The average molecular weight is 351 g/mol. The van der Waals surface area contributed by atoms with Crippen molar-refractivity contribution in [1.82, 2.24) is 5.32 Å². The second-order valence-corrected chi connectivity index (χ2v) is 6.32. The molecule has 1 unspecified atom stereocenters. The van der Waals surface area contributed by atoms with E-state index in [4.69, 9.17) is 4.74 Å². The number of halogens is 1. The molecule has 1 amide bonds. The number of carboxylic acids is 1. The van der Waals surface area contributed by atoms with E-state index in [1.165, 1.54) is 35.6 Å². The molecule has 2 aromatic rings. The van der Waals surface area contributed by atoms with Crippen molar-refractivity contribution in [2.75, 3.05) is 6.54 Å². The fourth-order valence-electron chi connectivity index (χ4n) is 2.11. The fourth-order valence-corrected chi connectivity index (χ4v) is 3.14. The first kappa shape index (κ1) is 17.9. The molecular weight excluding hydrogens is 333 g/mol. The van der Waals surface area contributed by atoms with E-state index in [2.05, 4.69) is 5.32 Å². The molecule has 0 radical (unpaired) electrons. The van der Waals surface area contributed by atoms with Gasteiger partial charge in [-0.2, -0.15) is 0 Å². The van der Waals surface area contributed by atoms with Crippen LogP contribution in [0.25, 0.3) is 0 Å². The van der Waals surface area contributed by atoms with Gasteiger partial charge in [-0.05, 0) is 49.2 Å². The van der Waals surface area contributed by atoms with E-state index in [0.717, 1.165) is 16.9 Å².